The fourth-order valence-electron chi connectivity index (χ4n) is 1.73. The largest absolute Gasteiger partial charge is 0.327 e. The van der Waals surface area contributed by atoms with E-state index >= 15 is 0 Å². The first kappa shape index (κ1) is 11.8. The Bertz CT molecular complexity index is 179. The van der Waals surface area contributed by atoms with Crippen LogP contribution in [0.5, 0.6) is 0 Å². The van der Waals surface area contributed by atoms with Gasteiger partial charge in [0.25, 0.3) is 0 Å². The highest BCUT2D eigenvalue weighted by atomic mass is 79.9. The molecule has 0 aromatic carbocycles. The number of rotatable bonds is 2. The molecule has 4 heteroatoms. The van der Waals surface area contributed by atoms with Gasteiger partial charge >= 0.3 is 6.03 Å². The van der Waals surface area contributed by atoms with Gasteiger partial charge in [-0.15, -0.1) is 0 Å². The molecule has 0 aromatic rings. The zero-order valence-electron chi connectivity index (χ0n) is 8.84. The Labute approximate surface area is 94.6 Å². The van der Waals surface area contributed by atoms with Gasteiger partial charge in [0.05, 0.1) is 0 Å². The van der Waals surface area contributed by atoms with E-state index < -0.39 is 0 Å². The van der Waals surface area contributed by atoms with Gasteiger partial charge in [-0.1, -0.05) is 28.8 Å². The lowest BCUT2D eigenvalue weighted by Gasteiger charge is -2.26. The van der Waals surface area contributed by atoms with Crippen molar-refractivity contribution in [2.45, 2.75) is 25.7 Å². The van der Waals surface area contributed by atoms with E-state index in [0.29, 0.717) is 0 Å². The molecule has 1 rings (SSSR count). The standard InChI is InChI=1S/C10H19BrN2O/c1-12(9-6-11)10(14)13-7-4-2-3-5-8-13/h2-9H2,1H3. The van der Waals surface area contributed by atoms with Crippen molar-refractivity contribution < 1.29 is 4.79 Å². The van der Waals surface area contributed by atoms with Crippen LogP contribution in [0.1, 0.15) is 25.7 Å². The van der Waals surface area contributed by atoms with Gasteiger partial charge in [-0.25, -0.2) is 4.79 Å². The van der Waals surface area contributed by atoms with Crippen LogP contribution >= 0.6 is 15.9 Å². The van der Waals surface area contributed by atoms with E-state index in [1.807, 2.05) is 11.9 Å². The molecule has 1 fully saturated rings. The molecule has 0 aliphatic carbocycles. The molecule has 2 amide bonds. The predicted molar refractivity (Wildman–Crippen MR) is 61.9 cm³/mol. The first-order valence-corrected chi connectivity index (χ1v) is 6.44. The number of nitrogens with zero attached hydrogens (tertiary/aromatic N) is 2. The number of hydrogen-bond acceptors (Lipinski definition) is 1. The average Bonchev–Trinajstić information content (AvgIpc) is 2.45. The van der Waals surface area contributed by atoms with Gasteiger partial charge in [-0.2, -0.15) is 0 Å². The summed E-state index contributed by atoms with van der Waals surface area (Å²) in [6.07, 6.45) is 4.86. The summed E-state index contributed by atoms with van der Waals surface area (Å²) in [4.78, 5) is 15.6. The SMILES string of the molecule is CN(CCBr)C(=O)N1CCCCCC1. The van der Waals surface area contributed by atoms with E-state index in [2.05, 4.69) is 15.9 Å². The van der Waals surface area contributed by atoms with Crippen LogP contribution in [0.25, 0.3) is 0 Å². The van der Waals surface area contributed by atoms with Gasteiger partial charge in [-0.3, -0.25) is 0 Å². The van der Waals surface area contributed by atoms with E-state index in [-0.39, 0.29) is 6.03 Å². The second kappa shape index (κ2) is 6.27. The summed E-state index contributed by atoms with van der Waals surface area (Å²) in [5.41, 5.74) is 0. The van der Waals surface area contributed by atoms with Crippen molar-refractivity contribution in [1.29, 1.82) is 0 Å². The van der Waals surface area contributed by atoms with Crippen molar-refractivity contribution >= 4 is 22.0 Å². The lowest BCUT2D eigenvalue weighted by molar-refractivity contribution is 0.167. The highest BCUT2D eigenvalue weighted by molar-refractivity contribution is 9.09. The first-order chi connectivity index (χ1) is 6.75. The van der Waals surface area contributed by atoms with Gasteiger partial charge in [0, 0.05) is 32.0 Å². The molecule has 1 saturated heterocycles. The maximum atomic E-state index is 11.9. The van der Waals surface area contributed by atoms with Crippen molar-refractivity contribution in [2.75, 3.05) is 32.0 Å². The van der Waals surface area contributed by atoms with Gasteiger partial charge in [0.15, 0.2) is 0 Å². The summed E-state index contributed by atoms with van der Waals surface area (Å²) in [7, 11) is 1.87. The Hall–Kier alpha value is -0.250. The van der Waals surface area contributed by atoms with Crippen molar-refractivity contribution in [1.82, 2.24) is 9.80 Å². The molecule has 0 bridgehead atoms. The maximum absolute atomic E-state index is 11.9. The Balaban J connectivity index is 2.40. The minimum atomic E-state index is 0.186. The molecule has 0 unspecified atom stereocenters. The number of carbonyl (C=O) groups is 1. The summed E-state index contributed by atoms with van der Waals surface area (Å²) in [6.45, 7) is 2.66. The van der Waals surface area contributed by atoms with Crippen LogP contribution in [0, 0.1) is 0 Å². The molecule has 0 saturated carbocycles. The summed E-state index contributed by atoms with van der Waals surface area (Å²) < 4.78 is 0. The summed E-state index contributed by atoms with van der Waals surface area (Å²) in [5, 5.41) is 0.850. The molecule has 3 nitrogen and oxygen atoms in total. The third-order valence-electron chi connectivity index (χ3n) is 2.62. The minimum Gasteiger partial charge on any atom is -0.327 e. The number of carbonyl (C=O) groups excluding carboxylic acids is 1. The van der Waals surface area contributed by atoms with Crippen LogP contribution in [0.2, 0.25) is 0 Å². The van der Waals surface area contributed by atoms with Crippen LogP contribution in [-0.4, -0.2) is 47.8 Å². The number of likely N-dealkylation sites (tertiary alicyclic amines) is 1. The number of urea groups is 1. The molecule has 1 aliphatic rings. The van der Waals surface area contributed by atoms with Crippen LogP contribution in [0.15, 0.2) is 0 Å². The molecule has 0 spiro atoms. The Kier molecular flexibility index (Phi) is 5.30. The summed E-state index contributed by atoms with van der Waals surface area (Å²) >= 11 is 3.35. The zero-order chi connectivity index (χ0) is 10.4. The van der Waals surface area contributed by atoms with Crippen LogP contribution in [0.3, 0.4) is 0 Å². The molecule has 1 heterocycles. The van der Waals surface area contributed by atoms with Crippen molar-refractivity contribution in [2.24, 2.45) is 0 Å². The molecule has 1 aliphatic heterocycles. The van der Waals surface area contributed by atoms with Gasteiger partial charge in [-0.05, 0) is 12.8 Å². The Morgan fingerprint density at radius 1 is 1.29 bits per heavy atom. The average molecular weight is 263 g/mol. The first-order valence-electron chi connectivity index (χ1n) is 5.31. The van der Waals surface area contributed by atoms with Crippen molar-refractivity contribution in [3.05, 3.63) is 0 Å². The van der Waals surface area contributed by atoms with E-state index in [0.717, 1.165) is 37.8 Å². The summed E-state index contributed by atoms with van der Waals surface area (Å²) in [6, 6.07) is 0.186. The number of amides is 2. The highest BCUT2D eigenvalue weighted by Gasteiger charge is 2.18. The topological polar surface area (TPSA) is 23.6 Å². The third kappa shape index (κ3) is 3.48. The van der Waals surface area contributed by atoms with E-state index in [9.17, 15) is 4.79 Å². The second-order valence-electron chi connectivity index (χ2n) is 3.79. The lowest BCUT2D eigenvalue weighted by atomic mass is 10.2. The number of halogens is 1. The molecule has 0 aromatic heterocycles. The smallest absolute Gasteiger partial charge is 0.319 e. The summed E-state index contributed by atoms with van der Waals surface area (Å²) in [5.74, 6) is 0. The van der Waals surface area contributed by atoms with Crippen LogP contribution in [-0.2, 0) is 0 Å². The number of hydrogen-bond donors (Lipinski definition) is 0. The molecule has 82 valence electrons. The van der Waals surface area contributed by atoms with Gasteiger partial charge in [0.1, 0.15) is 0 Å². The zero-order valence-corrected chi connectivity index (χ0v) is 10.4. The molecule has 0 atom stereocenters. The monoisotopic (exact) mass is 262 g/mol. The van der Waals surface area contributed by atoms with Crippen molar-refractivity contribution in [3.63, 3.8) is 0 Å². The number of alkyl halides is 1. The fourth-order valence-corrected chi connectivity index (χ4v) is 2.26. The fraction of sp³-hybridized carbons (Fsp3) is 0.900. The van der Waals surface area contributed by atoms with E-state index in [4.69, 9.17) is 0 Å². The highest BCUT2D eigenvalue weighted by Crippen LogP contribution is 2.11. The molecule has 14 heavy (non-hydrogen) atoms. The predicted octanol–water partition coefficient (Wildman–Crippen LogP) is 2.31. The molecular weight excluding hydrogens is 244 g/mol. The molecular formula is C10H19BrN2O. The Morgan fingerprint density at radius 3 is 2.36 bits per heavy atom. The van der Waals surface area contributed by atoms with E-state index in [1.54, 1.807) is 4.90 Å². The minimum absolute atomic E-state index is 0.186. The maximum Gasteiger partial charge on any atom is 0.319 e. The quantitative estimate of drug-likeness (QED) is 0.701. The molecule has 0 N–H and O–H groups in total. The molecule has 0 radical (unpaired) electrons. The van der Waals surface area contributed by atoms with Gasteiger partial charge < -0.3 is 9.80 Å². The normalized spacial score (nSPS) is 17.7. The van der Waals surface area contributed by atoms with Crippen molar-refractivity contribution in [3.8, 4) is 0 Å². The Morgan fingerprint density at radius 2 is 1.86 bits per heavy atom. The second-order valence-corrected chi connectivity index (χ2v) is 4.59. The lowest BCUT2D eigenvalue weighted by Crippen LogP contribution is -2.42. The van der Waals surface area contributed by atoms with E-state index in [1.165, 1.54) is 12.8 Å². The van der Waals surface area contributed by atoms with Gasteiger partial charge in [0.2, 0.25) is 0 Å². The van der Waals surface area contributed by atoms with Crippen LogP contribution in [0.4, 0.5) is 4.79 Å². The third-order valence-corrected chi connectivity index (χ3v) is 2.98. The van der Waals surface area contributed by atoms with Crippen LogP contribution < -0.4 is 0 Å².